The lowest BCUT2D eigenvalue weighted by molar-refractivity contribution is -0.116. The SMILES string of the molecule is CCCCOC(=O)c1ccc(NC(=O)Cn2c(Br)nc3c(=O)n(C)c(=O)n(C)c32)cc1. The average molecular weight is 492 g/mol. The van der Waals surface area contributed by atoms with Crippen LogP contribution >= 0.6 is 15.9 Å². The molecule has 0 atom stereocenters. The van der Waals surface area contributed by atoms with Crippen LogP contribution in [0.3, 0.4) is 0 Å². The summed E-state index contributed by atoms with van der Waals surface area (Å²) < 4.78 is 9.07. The second kappa shape index (κ2) is 9.29. The van der Waals surface area contributed by atoms with E-state index in [2.05, 4.69) is 26.2 Å². The van der Waals surface area contributed by atoms with Crippen LogP contribution in [-0.4, -0.2) is 37.2 Å². The first-order valence-corrected chi connectivity index (χ1v) is 10.4. The number of ether oxygens (including phenoxy) is 1. The summed E-state index contributed by atoms with van der Waals surface area (Å²) >= 11 is 3.25. The van der Waals surface area contributed by atoms with Crippen LogP contribution in [0, 0.1) is 0 Å². The first-order valence-electron chi connectivity index (χ1n) is 9.63. The average Bonchev–Trinajstić information content (AvgIpc) is 3.07. The molecule has 0 aliphatic carbocycles. The maximum Gasteiger partial charge on any atom is 0.338 e. The maximum atomic E-state index is 12.6. The van der Waals surface area contributed by atoms with E-state index < -0.39 is 23.1 Å². The molecule has 0 saturated carbocycles. The molecule has 3 aromatic rings. The number of benzene rings is 1. The van der Waals surface area contributed by atoms with E-state index in [0.717, 1.165) is 17.4 Å². The molecule has 11 heteroatoms. The van der Waals surface area contributed by atoms with E-state index in [-0.39, 0.29) is 22.4 Å². The van der Waals surface area contributed by atoms with Crippen LogP contribution in [0.15, 0.2) is 38.6 Å². The number of unbranched alkanes of at least 4 members (excludes halogenated alkanes) is 1. The zero-order chi connectivity index (χ0) is 22.7. The Labute approximate surface area is 185 Å². The number of nitrogens with one attached hydrogen (secondary N) is 1. The van der Waals surface area contributed by atoms with E-state index in [0.29, 0.717) is 17.9 Å². The van der Waals surface area contributed by atoms with Crippen LogP contribution in [0.5, 0.6) is 0 Å². The number of esters is 1. The molecule has 1 N–H and O–H groups in total. The van der Waals surface area contributed by atoms with Crippen LogP contribution in [0.2, 0.25) is 0 Å². The number of carbonyl (C=O) groups is 2. The van der Waals surface area contributed by atoms with E-state index in [1.165, 1.54) is 23.2 Å². The number of halogens is 1. The van der Waals surface area contributed by atoms with Crippen LogP contribution in [-0.2, 0) is 30.2 Å². The second-order valence-corrected chi connectivity index (χ2v) is 7.67. The van der Waals surface area contributed by atoms with Gasteiger partial charge in [-0.1, -0.05) is 13.3 Å². The summed E-state index contributed by atoms with van der Waals surface area (Å²) in [4.78, 5) is 53.3. The van der Waals surface area contributed by atoms with E-state index in [1.54, 1.807) is 24.3 Å². The lowest BCUT2D eigenvalue weighted by Gasteiger charge is -2.10. The molecule has 2 heterocycles. The fourth-order valence-corrected chi connectivity index (χ4v) is 3.50. The predicted octanol–water partition coefficient (Wildman–Crippen LogP) is 1.79. The molecule has 3 rings (SSSR count). The minimum absolute atomic E-state index is 0.0789. The first-order chi connectivity index (χ1) is 14.7. The Morgan fingerprint density at radius 1 is 1.13 bits per heavy atom. The van der Waals surface area contributed by atoms with Gasteiger partial charge in [0.2, 0.25) is 5.91 Å². The van der Waals surface area contributed by atoms with E-state index in [9.17, 15) is 19.2 Å². The lowest BCUT2D eigenvalue weighted by atomic mass is 10.2. The minimum Gasteiger partial charge on any atom is -0.462 e. The molecule has 0 aliphatic heterocycles. The Hall–Kier alpha value is -3.21. The van der Waals surface area contributed by atoms with Gasteiger partial charge in [-0.2, -0.15) is 0 Å². The Morgan fingerprint density at radius 2 is 1.81 bits per heavy atom. The lowest BCUT2D eigenvalue weighted by Crippen LogP contribution is -2.37. The third-order valence-corrected chi connectivity index (χ3v) is 5.34. The smallest absolute Gasteiger partial charge is 0.338 e. The third-order valence-electron chi connectivity index (χ3n) is 4.73. The van der Waals surface area contributed by atoms with Gasteiger partial charge in [-0.15, -0.1) is 0 Å². The highest BCUT2D eigenvalue weighted by atomic mass is 79.9. The van der Waals surface area contributed by atoms with E-state index >= 15 is 0 Å². The summed E-state index contributed by atoms with van der Waals surface area (Å²) in [5.41, 5.74) is 0.131. The van der Waals surface area contributed by atoms with Gasteiger partial charge >= 0.3 is 11.7 Å². The quantitative estimate of drug-likeness (QED) is 0.305. The number of carbonyl (C=O) groups excluding carboxylic acids is 2. The molecular formula is C20H22BrN5O5. The van der Waals surface area contributed by atoms with Crippen molar-refractivity contribution in [1.82, 2.24) is 18.7 Å². The number of anilines is 1. The molecule has 0 unspecified atom stereocenters. The van der Waals surface area contributed by atoms with Crippen LogP contribution < -0.4 is 16.6 Å². The molecule has 2 aromatic heterocycles. The Kier molecular flexibility index (Phi) is 6.74. The van der Waals surface area contributed by atoms with Crippen LogP contribution in [0.4, 0.5) is 5.69 Å². The van der Waals surface area contributed by atoms with Gasteiger partial charge in [0.25, 0.3) is 5.56 Å². The molecule has 31 heavy (non-hydrogen) atoms. The number of aromatic nitrogens is 4. The van der Waals surface area contributed by atoms with Crippen molar-refractivity contribution >= 4 is 44.7 Å². The number of hydrogen-bond donors (Lipinski definition) is 1. The van der Waals surface area contributed by atoms with Gasteiger partial charge in [0.15, 0.2) is 15.9 Å². The molecule has 0 spiro atoms. The molecule has 10 nitrogen and oxygen atoms in total. The Bertz CT molecular complexity index is 1260. The van der Waals surface area contributed by atoms with Gasteiger partial charge in [-0.3, -0.25) is 23.3 Å². The van der Waals surface area contributed by atoms with Gasteiger partial charge in [-0.25, -0.2) is 14.6 Å². The second-order valence-electron chi connectivity index (χ2n) is 6.96. The number of fused-ring (bicyclic) bond motifs is 1. The van der Waals surface area contributed by atoms with Gasteiger partial charge < -0.3 is 10.1 Å². The van der Waals surface area contributed by atoms with Gasteiger partial charge in [-0.05, 0) is 46.6 Å². The van der Waals surface area contributed by atoms with E-state index in [4.69, 9.17) is 4.74 Å². The number of nitrogens with zero attached hydrogens (tertiary/aromatic N) is 4. The summed E-state index contributed by atoms with van der Waals surface area (Å²) in [6.07, 6.45) is 1.74. The van der Waals surface area contributed by atoms with Crippen LogP contribution in [0.1, 0.15) is 30.1 Å². The van der Waals surface area contributed by atoms with Crippen molar-refractivity contribution in [2.75, 3.05) is 11.9 Å². The number of hydrogen-bond acceptors (Lipinski definition) is 6. The maximum absolute atomic E-state index is 12.6. The van der Waals surface area contributed by atoms with Gasteiger partial charge in [0, 0.05) is 19.8 Å². The Balaban J connectivity index is 1.77. The topological polar surface area (TPSA) is 117 Å². The van der Waals surface area contributed by atoms with Crippen molar-refractivity contribution in [3.8, 4) is 0 Å². The van der Waals surface area contributed by atoms with Crippen molar-refractivity contribution < 1.29 is 14.3 Å². The number of imidazole rings is 1. The highest BCUT2D eigenvalue weighted by molar-refractivity contribution is 9.10. The molecule has 0 bridgehead atoms. The zero-order valence-corrected chi connectivity index (χ0v) is 18.9. The molecule has 0 aliphatic rings. The van der Waals surface area contributed by atoms with Crippen molar-refractivity contribution in [3.63, 3.8) is 0 Å². The summed E-state index contributed by atoms with van der Waals surface area (Å²) in [5.74, 6) is -0.811. The molecule has 1 amide bonds. The largest absolute Gasteiger partial charge is 0.462 e. The minimum atomic E-state index is -0.542. The molecule has 164 valence electrons. The summed E-state index contributed by atoms with van der Waals surface area (Å²) in [6, 6.07) is 6.33. The van der Waals surface area contributed by atoms with Crippen LogP contribution in [0.25, 0.3) is 11.2 Å². The molecule has 0 saturated heterocycles. The highest BCUT2D eigenvalue weighted by Gasteiger charge is 2.19. The predicted molar refractivity (Wildman–Crippen MR) is 118 cm³/mol. The highest BCUT2D eigenvalue weighted by Crippen LogP contribution is 2.17. The first kappa shape index (κ1) is 22.5. The number of amides is 1. The molecule has 0 fully saturated rings. The Morgan fingerprint density at radius 3 is 2.45 bits per heavy atom. The number of rotatable bonds is 7. The summed E-state index contributed by atoms with van der Waals surface area (Å²) in [5, 5.41) is 2.72. The molecule has 0 radical (unpaired) electrons. The fourth-order valence-electron chi connectivity index (χ4n) is 3.03. The normalized spacial score (nSPS) is 11.0. The van der Waals surface area contributed by atoms with Crippen molar-refractivity contribution in [2.24, 2.45) is 14.1 Å². The standard InChI is InChI=1S/C20H22BrN5O5/c1-4-5-10-31-18(29)12-6-8-13(9-7-12)22-14(27)11-26-16-15(23-19(26)21)17(28)25(3)20(30)24(16)2/h6-9H,4-5,10-11H2,1-3H3,(H,22,27). The van der Waals surface area contributed by atoms with Crippen molar-refractivity contribution in [2.45, 2.75) is 26.3 Å². The molecular weight excluding hydrogens is 470 g/mol. The number of aryl methyl sites for hydroxylation is 1. The third kappa shape index (κ3) is 4.61. The van der Waals surface area contributed by atoms with Crippen molar-refractivity contribution in [1.29, 1.82) is 0 Å². The van der Waals surface area contributed by atoms with E-state index in [1.807, 2.05) is 6.92 Å². The van der Waals surface area contributed by atoms with Gasteiger partial charge in [0.1, 0.15) is 6.54 Å². The van der Waals surface area contributed by atoms with Crippen molar-refractivity contribution in [3.05, 3.63) is 55.4 Å². The van der Waals surface area contributed by atoms with Gasteiger partial charge in [0.05, 0.1) is 12.2 Å². The summed E-state index contributed by atoms with van der Waals surface area (Å²) in [6.45, 7) is 2.20. The molecule has 1 aromatic carbocycles. The fraction of sp³-hybridized carbons (Fsp3) is 0.350. The monoisotopic (exact) mass is 491 g/mol. The zero-order valence-electron chi connectivity index (χ0n) is 17.3. The summed E-state index contributed by atoms with van der Waals surface area (Å²) in [7, 11) is 2.87.